The zero-order chi connectivity index (χ0) is 12.0. The van der Waals surface area contributed by atoms with E-state index in [2.05, 4.69) is 29.6 Å². The van der Waals surface area contributed by atoms with Gasteiger partial charge in [0, 0.05) is 6.04 Å². The van der Waals surface area contributed by atoms with Crippen molar-refractivity contribution < 1.29 is 0 Å². The Hall–Kier alpha value is -0.730. The molecule has 1 atom stereocenters. The second-order valence-corrected chi connectivity index (χ2v) is 5.78. The van der Waals surface area contributed by atoms with Crippen LogP contribution >= 0.6 is 23.3 Å². The van der Waals surface area contributed by atoms with Crippen molar-refractivity contribution in [3.8, 4) is 6.07 Å². The monoisotopic (exact) mass is 255 g/mol. The molecule has 0 amide bonds. The molecule has 0 aromatic carbocycles. The van der Waals surface area contributed by atoms with Crippen molar-refractivity contribution >= 4 is 28.3 Å². The molecule has 0 saturated heterocycles. The van der Waals surface area contributed by atoms with Gasteiger partial charge >= 0.3 is 0 Å². The fraction of sp³-hybridized carbons (Fsp3) is 0.636. The minimum atomic E-state index is 0.394. The van der Waals surface area contributed by atoms with Crippen LogP contribution in [0.3, 0.4) is 0 Å². The third-order valence-electron chi connectivity index (χ3n) is 2.25. The third-order valence-corrected chi connectivity index (χ3v) is 4.05. The molecule has 1 N–H and O–H groups in total. The minimum Gasteiger partial charge on any atom is -0.372 e. The smallest absolute Gasteiger partial charge is 0.127 e. The topological polar surface area (TPSA) is 48.7 Å². The molecule has 1 rings (SSSR count). The first-order chi connectivity index (χ1) is 7.69. The molecule has 5 heteroatoms. The Kier molecular flexibility index (Phi) is 5.64. The molecule has 0 fully saturated rings. The minimum absolute atomic E-state index is 0.394. The van der Waals surface area contributed by atoms with Crippen molar-refractivity contribution in [1.82, 2.24) is 4.37 Å². The maximum absolute atomic E-state index is 8.99. The zero-order valence-corrected chi connectivity index (χ0v) is 11.5. The summed E-state index contributed by atoms with van der Waals surface area (Å²) in [6.45, 7) is 6.19. The average molecular weight is 255 g/mol. The fourth-order valence-corrected chi connectivity index (χ4v) is 2.97. The van der Waals surface area contributed by atoms with Crippen LogP contribution in [-0.4, -0.2) is 21.9 Å². The molecule has 0 aliphatic carbocycles. The summed E-state index contributed by atoms with van der Waals surface area (Å²) in [4.78, 5) is 0. The molecule has 16 heavy (non-hydrogen) atoms. The molecular weight excluding hydrogens is 238 g/mol. The van der Waals surface area contributed by atoms with Crippen LogP contribution in [0.2, 0.25) is 0 Å². The Morgan fingerprint density at radius 1 is 1.62 bits per heavy atom. The van der Waals surface area contributed by atoms with Gasteiger partial charge in [-0.05, 0) is 43.3 Å². The lowest BCUT2D eigenvalue weighted by molar-refractivity contribution is 0.774. The molecule has 0 bridgehead atoms. The summed E-state index contributed by atoms with van der Waals surface area (Å²) in [6.07, 6.45) is 1.11. The zero-order valence-electron chi connectivity index (χ0n) is 9.91. The van der Waals surface area contributed by atoms with E-state index in [4.69, 9.17) is 5.26 Å². The van der Waals surface area contributed by atoms with E-state index in [0.29, 0.717) is 11.6 Å². The summed E-state index contributed by atoms with van der Waals surface area (Å²) in [5.41, 5.74) is 1.52. The van der Waals surface area contributed by atoms with Crippen molar-refractivity contribution in [2.45, 2.75) is 33.2 Å². The van der Waals surface area contributed by atoms with Crippen LogP contribution in [0.25, 0.3) is 0 Å². The Balaban J connectivity index is 2.50. The lowest BCUT2D eigenvalue weighted by Gasteiger charge is -2.12. The van der Waals surface area contributed by atoms with E-state index in [9.17, 15) is 0 Å². The predicted octanol–water partition coefficient (Wildman–Crippen LogP) is 3.27. The number of nitrogens with one attached hydrogen (secondary N) is 1. The molecular formula is C11H17N3S2. The van der Waals surface area contributed by atoms with Gasteiger partial charge in [-0.2, -0.15) is 21.4 Å². The highest BCUT2D eigenvalue weighted by Gasteiger charge is 2.11. The number of aryl methyl sites for hydroxylation is 1. The van der Waals surface area contributed by atoms with E-state index in [1.807, 2.05) is 18.7 Å². The van der Waals surface area contributed by atoms with Gasteiger partial charge < -0.3 is 5.32 Å². The van der Waals surface area contributed by atoms with Crippen molar-refractivity contribution in [2.24, 2.45) is 0 Å². The Morgan fingerprint density at radius 2 is 2.38 bits per heavy atom. The maximum atomic E-state index is 8.99. The SMILES string of the molecule is CCSCCC(C)Nc1snc(C)c1C#N. The van der Waals surface area contributed by atoms with E-state index < -0.39 is 0 Å². The summed E-state index contributed by atoms with van der Waals surface area (Å²) >= 11 is 3.32. The van der Waals surface area contributed by atoms with Crippen LogP contribution in [0.1, 0.15) is 31.5 Å². The number of hydrogen-bond donors (Lipinski definition) is 1. The number of hydrogen-bond acceptors (Lipinski definition) is 5. The summed E-state index contributed by atoms with van der Waals surface area (Å²) < 4.78 is 4.19. The van der Waals surface area contributed by atoms with Crippen LogP contribution in [0.4, 0.5) is 5.00 Å². The van der Waals surface area contributed by atoms with Crippen LogP contribution in [-0.2, 0) is 0 Å². The highest BCUT2D eigenvalue weighted by Crippen LogP contribution is 2.24. The summed E-state index contributed by atoms with van der Waals surface area (Å²) in [5, 5.41) is 13.3. The summed E-state index contributed by atoms with van der Waals surface area (Å²) in [6, 6.07) is 2.59. The first-order valence-electron chi connectivity index (χ1n) is 5.39. The Morgan fingerprint density at radius 3 is 3.00 bits per heavy atom. The van der Waals surface area contributed by atoms with Gasteiger partial charge in [0.2, 0.25) is 0 Å². The third kappa shape index (κ3) is 3.69. The van der Waals surface area contributed by atoms with Gasteiger partial charge in [-0.3, -0.25) is 0 Å². The molecule has 1 aromatic heterocycles. The highest BCUT2D eigenvalue weighted by molar-refractivity contribution is 7.99. The average Bonchev–Trinajstić information content (AvgIpc) is 2.59. The van der Waals surface area contributed by atoms with Gasteiger partial charge in [0.1, 0.15) is 16.6 Å². The van der Waals surface area contributed by atoms with Crippen molar-refractivity contribution in [3.05, 3.63) is 11.3 Å². The number of thioether (sulfide) groups is 1. The van der Waals surface area contributed by atoms with Gasteiger partial charge in [0.05, 0.1) is 5.69 Å². The standard InChI is InChI=1S/C11H17N3S2/c1-4-15-6-5-8(2)13-11-10(7-12)9(3)14-16-11/h8,13H,4-6H2,1-3H3. The molecule has 3 nitrogen and oxygen atoms in total. The van der Waals surface area contributed by atoms with Gasteiger partial charge in [0.15, 0.2) is 0 Å². The van der Waals surface area contributed by atoms with E-state index in [1.54, 1.807) is 0 Å². The maximum Gasteiger partial charge on any atom is 0.127 e. The number of anilines is 1. The van der Waals surface area contributed by atoms with E-state index in [1.165, 1.54) is 11.5 Å². The number of nitriles is 1. The predicted molar refractivity (Wildman–Crippen MR) is 72.3 cm³/mol. The summed E-state index contributed by atoms with van der Waals surface area (Å²) in [5.74, 6) is 2.32. The molecule has 0 saturated carbocycles. The van der Waals surface area contributed by atoms with Crippen LogP contribution in [0.15, 0.2) is 0 Å². The largest absolute Gasteiger partial charge is 0.372 e. The molecule has 88 valence electrons. The first kappa shape index (κ1) is 13.3. The van der Waals surface area contributed by atoms with Gasteiger partial charge in [-0.25, -0.2) is 0 Å². The van der Waals surface area contributed by atoms with E-state index in [-0.39, 0.29) is 0 Å². The molecule has 0 aliphatic rings. The van der Waals surface area contributed by atoms with E-state index >= 15 is 0 Å². The lowest BCUT2D eigenvalue weighted by atomic mass is 10.2. The van der Waals surface area contributed by atoms with Crippen LogP contribution in [0, 0.1) is 18.3 Å². The van der Waals surface area contributed by atoms with Gasteiger partial charge in [-0.15, -0.1) is 0 Å². The van der Waals surface area contributed by atoms with Gasteiger partial charge in [0.25, 0.3) is 0 Å². The second kappa shape index (κ2) is 6.77. The quantitative estimate of drug-likeness (QED) is 0.793. The summed E-state index contributed by atoms with van der Waals surface area (Å²) in [7, 11) is 0. The number of nitrogens with zero attached hydrogens (tertiary/aromatic N) is 2. The van der Waals surface area contributed by atoms with Crippen molar-refractivity contribution in [3.63, 3.8) is 0 Å². The first-order valence-corrected chi connectivity index (χ1v) is 7.32. The van der Waals surface area contributed by atoms with Gasteiger partial charge in [-0.1, -0.05) is 6.92 Å². The molecule has 0 aliphatic heterocycles. The van der Waals surface area contributed by atoms with Crippen LogP contribution in [0.5, 0.6) is 0 Å². The second-order valence-electron chi connectivity index (χ2n) is 3.61. The molecule has 1 unspecified atom stereocenters. The van der Waals surface area contributed by atoms with Crippen molar-refractivity contribution in [1.29, 1.82) is 5.26 Å². The molecule has 1 heterocycles. The molecule has 1 aromatic rings. The Labute approximate surface area is 105 Å². The lowest BCUT2D eigenvalue weighted by Crippen LogP contribution is -2.15. The van der Waals surface area contributed by atoms with Crippen molar-refractivity contribution in [2.75, 3.05) is 16.8 Å². The molecule has 0 spiro atoms. The Bertz CT molecular complexity index is 368. The normalized spacial score (nSPS) is 12.1. The number of aromatic nitrogens is 1. The van der Waals surface area contributed by atoms with Crippen LogP contribution < -0.4 is 5.32 Å². The van der Waals surface area contributed by atoms with E-state index in [0.717, 1.165) is 28.6 Å². The fourth-order valence-electron chi connectivity index (χ4n) is 1.30. The highest BCUT2D eigenvalue weighted by atomic mass is 32.2. The molecule has 0 radical (unpaired) electrons. The number of rotatable bonds is 6.